The van der Waals surface area contributed by atoms with Gasteiger partial charge in [0.1, 0.15) is 21.5 Å². The van der Waals surface area contributed by atoms with Crippen LogP contribution in [0.2, 0.25) is 0 Å². The molecule has 0 saturated heterocycles. The highest BCUT2D eigenvalue weighted by Crippen LogP contribution is 2.43. The second-order valence-corrected chi connectivity index (χ2v) is 11.2. The van der Waals surface area contributed by atoms with E-state index in [0.717, 1.165) is 31.9 Å². The van der Waals surface area contributed by atoms with E-state index in [1.165, 1.54) is 22.7 Å². The highest BCUT2D eigenvalue weighted by Gasteiger charge is 2.18. The molecule has 12 heteroatoms. The van der Waals surface area contributed by atoms with E-state index in [1.54, 1.807) is 45.6 Å². The maximum Gasteiger partial charge on any atom is 0.417 e. The lowest BCUT2D eigenvalue weighted by atomic mass is 10.1. The standard InChI is InChI=1S/C32H27N5O5S2/c1-39-25-15-21(16-26(40-2)27(25)41-3)34-31-37-29(33)28(44-31)30-36-23(17-43-30)19-10-6-11-20(14-19)35-32(38)42-24-13-7-9-18-8-4-5-12-22(18)24/h4-17H,33H2,1-3H3,(H,34,37)(H,35,38). The number of nitrogens with two attached hydrogens (primary N) is 1. The van der Waals surface area contributed by atoms with Crippen LogP contribution in [0.25, 0.3) is 31.9 Å². The van der Waals surface area contributed by atoms with Gasteiger partial charge in [0.05, 0.1) is 27.0 Å². The average molecular weight is 626 g/mol. The van der Waals surface area contributed by atoms with Crippen LogP contribution in [0.15, 0.2) is 84.2 Å². The maximum absolute atomic E-state index is 12.7. The third-order valence-electron chi connectivity index (χ3n) is 6.62. The molecule has 4 N–H and O–H groups in total. The number of nitrogens with zero attached hydrogens (tertiary/aromatic N) is 2. The van der Waals surface area contributed by atoms with Crippen LogP contribution in [0, 0.1) is 0 Å². The van der Waals surface area contributed by atoms with Gasteiger partial charge in [-0.05, 0) is 23.6 Å². The Bertz CT molecular complexity index is 1940. The fourth-order valence-corrected chi connectivity index (χ4v) is 6.44. The van der Waals surface area contributed by atoms with E-state index in [4.69, 9.17) is 29.7 Å². The molecule has 1 amide bonds. The zero-order valence-corrected chi connectivity index (χ0v) is 25.5. The van der Waals surface area contributed by atoms with Gasteiger partial charge in [0.2, 0.25) is 5.75 Å². The van der Waals surface area contributed by atoms with Gasteiger partial charge in [0, 0.05) is 39.8 Å². The van der Waals surface area contributed by atoms with Crippen molar-refractivity contribution in [2.75, 3.05) is 37.7 Å². The number of carbonyl (C=O) groups is 1. The molecule has 6 rings (SSSR count). The molecule has 0 saturated carbocycles. The second-order valence-electron chi connectivity index (χ2n) is 9.38. The number of ether oxygens (including phenoxy) is 4. The number of benzene rings is 4. The Morgan fingerprint density at radius 1 is 0.818 bits per heavy atom. The average Bonchev–Trinajstić information content (AvgIpc) is 3.67. The molecule has 0 aliphatic carbocycles. The van der Waals surface area contributed by atoms with Crippen LogP contribution in [0.1, 0.15) is 0 Å². The maximum atomic E-state index is 12.7. The summed E-state index contributed by atoms with van der Waals surface area (Å²) in [4.78, 5) is 22.8. The molecular formula is C32H27N5O5S2. The zero-order chi connectivity index (χ0) is 30.6. The normalized spacial score (nSPS) is 10.8. The lowest BCUT2D eigenvalue weighted by molar-refractivity contribution is 0.215. The molecule has 10 nitrogen and oxygen atoms in total. The summed E-state index contributed by atoms with van der Waals surface area (Å²) in [6, 6.07) is 24.3. The number of methoxy groups -OCH3 is 3. The lowest BCUT2D eigenvalue weighted by Gasteiger charge is -2.14. The summed E-state index contributed by atoms with van der Waals surface area (Å²) >= 11 is 2.83. The molecule has 44 heavy (non-hydrogen) atoms. The molecule has 0 atom stereocenters. The van der Waals surface area contributed by atoms with E-state index in [-0.39, 0.29) is 0 Å². The Morgan fingerprint density at radius 2 is 1.57 bits per heavy atom. The minimum Gasteiger partial charge on any atom is -0.493 e. The summed E-state index contributed by atoms with van der Waals surface area (Å²) in [6.45, 7) is 0. The van der Waals surface area contributed by atoms with E-state index >= 15 is 0 Å². The monoisotopic (exact) mass is 625 g/mol. The van der Waals surface area contributed by atoms with Crippen LogP contribution in [0.3, 0.4) is 0 Å². The predicted molar refractivity (Wildman–Crippen MR) is 176 cm³/mol. The topological polar surface area (TPSA) is 130 Å². The number of nitrogens with one attached hydrogen (secondary N) is 2. The van der Waals surface area contributed by atoms with Gasteiger partial charge in [-0.2, -0.15) is 0 Å². The third kappa shape index (κ3) is 5.93. The first kappa shape index (κ1) is 28.8. The number of rotatable bonds is 9. The second kappa shape index (κ2) is 12.5. The first-order valence-corrected chi connectivity index (χ1v) is 15.0. The minimum atomic E-state index is -0.581. The number of hydrogen-bond acceptors (Lipinski definition) is 11. The number of anilines is 4. The molecule has 2 heterocycles. The molecule has 0 aliphatic rings. The number of hydrogen-bond donors (Lipinski definition) is 3. The number of carbonyl (C=O) groups excluding carboxylic acids is 1. The van der Waals surface area contributed by atoms with Gasteiger partial charge in [0.25, 0.3) is 0 Å². The summed E-state index contributed by atoms with van der Waals surface area (Å²) < 4.78 is 21.9. The summed E-state index contributed by atoms with van der Waals surface area (Å²) in [5.41, 5.74) is 9.15. The number of amides is 1. The highest BCUT2D eigenvalue weighted by molar-refractivity contribution is 7.23. The highest BCUT2D eigenvalue weighted by atomic mass is 32.1. The molecule has 0 fully saturated rings. The van der Waals surface area contributed by atoms with Gasteiger partial charge in [-0.15, -0.1) is 11.3 Å². The summed E-state index contributed by atoms with van der Waals surface area (Å²) in [7, 11) is 4.67. The Balaban J connectivity index is 1.17. The number of fused-ring (bicyclic) bond motifs is 1. The first-order chi connectivity index (χ1) is 21.4. The van der Waals surface area contributed by atoms with Crippen molar-refractivity contribution in [2.45, 2.75) is 0 Å². The van der Waals surface area contributed by atoms with Crippen molar-refractivity contribution in [1.82, 2.24) is 9.97 Å². The molecule has 0 radical (unpaired) electrons. The molecule has 0 aliphatic heterocycles. The van der Waals surface area contributed by atoms with E-state index in [9.17, 15) is 4.79 Å². The lowest BCUT2D eigenvalue weighted by Crippen LogP contribution is -2.16. The zero-order valence-electron chi connectivity index (χ0n) is 23.9. The molecular weight excluding hydrogens is 599 g/mol. The van der Waals surface area contributed by atoms with Crippen LogP contribution in [-0.4, -0.2) is 37.4 Å². The van der Waals surface area contributed by atoms with Crippen molar-refractivity contribution >= 4 is 61.9 Å². The first-order valence-electron chi connectivity index (χ1n) is 13.3. The molecule has 4 aromatic carbocycles. The number of thiazole rings is 2. The van der Waals surface area contributed by atoms with Gasteiger partial charge in [-0.1, -0.05) is 59.9 Å². The summed E-state index contributed by atoms with van der Waals surface area (Å²) in [5, 5.41) is 11.2. The molecule has 0 unspecified atom stereocenters. The van der Waals surface area contributed by atoms with Crippen molar-refractivity contribution in [1.29, 1.82) is 0 Å². The van der Waals surface area contributed by atoms with E-state index in [2.05, 4.69) is 15.6 Å². The van der Waals surface area contributed by atoms with Crippen LogP contribution in [0.5, 0.6) is 23.0 Å². The third-order valence-corrected chi connectivity index (χ3v) is 8.61. The van der Waals surface area contributed by atoms with Crippen LogP contribution in [0.4, 0.5) is 27.1 Å². The van der Waals surface area contributed by atoms with Crippen LogP contribution in [-0.2, 0) is 0 Å². The Labute approximate surface area is 261 Å². The predicted octanol–water partition coefficient (Wildman–Crippen LogP) is 8.05. The number of nitrogen functional groups attached to an aromatic ring is 1. The van der Waals surface area contributed by atoms with Gasteiger partial charge in [-0.3, -0.25) is 5.32 Å². The summed E-state index contributed by atoms with van der Waals surface area (Å²) in [6.07, 6.45) is -0.581. The molecule has 0 bridgehead atoms. The van der Waals surface area contributed by atoms with Crippen LogP contribution >= 0.6 is 22.7 Å². The van der Waals surface area contributed by atoms with Crippen molar-refractivity contribution in [3.63, 3.8) is 0 Å². The largest absolute Gasteiger partial charge is 0.493 e. The Morgan fingerprint density at radius 3 is 2.34 bits per heavy atom. The van der Waals surface area contributed by atoms with E-state index < -0.39 is 6.09 Å². The molecule has 2 aromatic heterocycles. The molecule has 0 spiro atoms. The quantitative estimate of drug-likeness (QED) is 0.146. The fourth-order valence-electron chi connectivity index (χ4n) is 4.61. The minimum absolute atomic E-state index is 0.359. The fraction of sp³-hybridized carbons (Fsp3) is 0.0938. The SMILES string of the molecule is COc1cc(Nc2nc(N)c(-c3nc(-c4cccc(NC(=O)Oc5cccc6ccccc56)c4)cs3)s2)cc(OC)c1OC. The number of aromatic nitrogens is 2. The van der Waals surface area contributed by atoms with Crippen molar-refractivity contribution in [3.05, 3.63) is 84.2 Å². The smallest absolute Gasteiger partial charge is 0.417 e. The van der Waals surface area contributed by atoms with Crippen molar-refractivity contribution in [2.24, 2.45) is 0 Å². The van der Waals surface area contributed by atoms with E-state index in [0.29, 0.717) is 45.3 Å². The van der Waals surface area contributed by atoms with Crippen LogP contribution < -0.4 is 35.3 Å². The summed E-state index contributed by atoms with van der Waals surface area (Å²) in [5.74, 6) is 2.38. The molecule has 222 valence electrons. The van der Waals surface area contributed by atoms with Gasteiger partial charge in [0.15, 0.2) is 16.6 Å². The Kier molecular flexibility index (Phi) is 8.17. The van der Waals surface area contributed by atoms with Crippen molar-refractivity contribution < 1.29 is 23.7 Å². The molecule has 6 aromatic rings. The Hall–Kier alpha value is -5.33. The van der Waals surface area contributed by atoms with Gasteiger partial charge >= 0.3 is 6.09 Å². The van der Waals surface area contributed by atoms with Crippen molar-refractivity contribution in [3.8, 4) is 44.1 Å². The van der Waals surface area contributed by atoms with Gasteiger partial charge < -0.3 is 30.0 Å². The van der Waals surface area contributed by atoms with Gasteiger partial charge in [-0.25, -0.2) is 14.8 Å². The van der Waals surface area contributed by atoms with E-state index in [1.807, 2.05) is 60.0 Å².